The highest BCUT2D eigenvalue weighted by molar-refractivity contribution is 8.15. The first kappa shape index (κ1) is 22.3. The summed E-state index contributed by atoms with van der Waals surface area (Å²) in [5, 5.41) is 5.15. The molecule has 0 radical (unpaired) electrons. The molecular weight excluding hydrogens is 450 g/mol. The van der Waals surface area contributed by atoms with Crippen LogP contribution in [-0.2, 0) is 9.59 Å². The molecule has 5 rings (SSSR count). The summed E-state index contributed by atoms with van der Waals surface area (Å²) in [6.45, 7) is 0. The maximum Gasteiger partial charge on any atom is 0.242 e. The van der Waals surface area contributed by atoms with E-state index in [2.05, 4.69) is 5.32 Å². The van der Waals surface area contributed by atoms with Gasteiger partial charge in [0.05, 0.1) is 25.6 Å². The Bertz CT molecular complexity index is 1280. The number of hydrogen-bond acceptors (Lipinski definition) is 6. The Morgan fingerprint density at radius 3 is 2.65 bits per heavy atom. The van der Waals surface area contributed by atoms with Crippen molar-refractivity contribution in [2.24, 2.45) is 4.99 Å². The number of anilines is 1. The topological polar surface area (TPSA) is 80.2 Å². The van der Waals surface area contributed by atoms with Crippen LogP contribution in [0.2, 0.25) is 0 Å². The molecule has 2 amide bonds. The van der Waals surface area contributed by atoms with Crippen LogP contribution in [0.3, 0.4) is 0 Å². The van der Waals surface area contributed by atoms with Gasteiger partial charge in [0.2, 0.25) is 11.8 Å². The Hall–Kier alpha value is -3.52. The average molecular weight is 476 g/mol. The average Bonchev–Trinajstić information content (AvgIpc) is 3.64. The molecule has 2 fully saturated rings. The molecule has 1 unspecified atom stereocenters. The van der Waals surface area contributed by atoms with Crippen molar-refractivity contribution in [1.29, 1.82) is 0 Å². The van der Waals surface area contributed by atoms with Gasteiger partial charge in [-0.15, -0.1) is 0 Å². The maximum atomic E-state index is 13.2. The van der Waals surface area contributed by atoms with E-state index < -0.39 is 5.25 Å². The molecule has 1 saturated carbocycles. The molecule has 174 valence electrons. The van der Waals surface area contributed by atoms with Gasteiger partial charge in [0, 0.05) is 23.9 Å². The van der Waals surface area contributed by atoms with Crippen LogP contribution in [0, 0.1) is 0 Å². The van der Waals surface area contributed by atoms with Gasteiger partial charge in [0.1, 0.15) is 16.7 Å². The number of methoxy groups -OCH3 is 2. The van der Waals surface area contributed by atoms with E-state index in [0.717, 1.165) is 29.3 Å². The minimum Gasteiger partial charge on any atom is -0.497 e. The Labute approximate surface area is 202 Å². The van der Waals surface area contributed by atoms with Crippen LogP contribution in [0.1, 0.15) is 19.3 Å². The largest absolute Gasteiger partial charge is 0.497 e. The van der Waals surface area contributed by atoms with Crippen molar-refractivity contribution >= 4 is 50.9 Å². The lowest BCUT2D eigenvalue weighted by molar-refractivity contribution is -0.128. The predicted octanol–water partition coefficient (Wildman–Crippen LogP) is 4.98. The van der Waals surface area contributed by atoms with Crippen molar-refractivity contribution in [3.8, 4) is 11.5 Å². The number of ether oxygens (including phenoxy) is 2. The standard InChI is InChI=1S/C26H25N3O4S/c1-32-18-12-13-21(22(14-18)33-2)27-24(30)15-23-25(31)29(17-10-11-17)26(34-23)28-20-9-5-7-16-6-3-4-8-19(16)20/h3-9,12-14,17,23H,10-11,15H2,1-2H3,(H,27,30). The van der Waals surface area contributed by atoms with E-state index in [1.54, 1.807) is 30.2 Å². The van der Waals surface area contributed by atoms with E-state index >= 15 is 0 Å². The molecule has 7 nitrogen and oxygen atoms in total. The lowest BCUT2D eigenvalue weighted by atomic mass is 10.1. The number of fused-ring (bicyclic) bond motifs is 1. The third-order valence-corrected chi connectivity index (χ3v) is 7.07. The van der Waals surface area contributed by atoms with Gasteiger partial charge >= 0.3 is 0 Å². The highest BCUT2D eigenvalue weighted by atomic mass is 32.2. The highest BCUT2D eigenvalue weighted by Crippen LogP contribution is 2.40. The third-order valence-electron chi connectivity index (χ3n) is 5.91. The van der Waals surface area contributed by atoms with Crippen molar-refractivity contribution in [3.63, 3.8) is 0 Å². The van der Waals surface area contributed by atoms with Crippen LogP contribution in [0.15, 0.2) is 65.7 Å². The molecule has 3 aromatic rings. The Kier molecular flexibility index (Phi) is 6.15. The normalized spacial score (nSPS) is 19.0. The number of thioether (sulfide) groups is 1. The second-order valence-corrected chi connectivity index (χ2v) is 9.43. The summed E-state index contributed by atoms with van der Waals surface area (Å²) in [4.78, 5) is 32.8. The summed E-state index contributed by atoms with van der Waals surface area (Å²) in [5.74, 6) is 0.821. The number of amidine groups is 1. The van der Waals surface area contributed by atoms with E-state index in [-0.39, 0.29) is 24.3 Å². The molecule has 1 aliphatic heterocycles. The van der Waals surface area contributed by atoms with E-state index in [1.807, 2.05) is 42.5 Å². The molecule has 3 aromatic carbocycles. The molecule has 1 atom stereocenters. The highest BCUT2D eigenvalue weighted by Gasteiger charge is 2.46. The summed E-state index contributed by atoms with van der Waals surface area (Å²) < 4.78 is 10.6. The summed E-state index contributed by atoms with van der Waals surface area (Å²) >= 11 is 1.37. The molecule has 1 aliphatic carbocycles. The maximum absolute atomic E-state index is 13.2. The fourth-order valence-electron chi connectivity index (χ4n) is 4.04. The minimum atomic E-state index is -0.515. The number of benzene rings is 3. The zero-order valence-electron chi connectivity index (χ0n) is 19.0. The number of nitrogens with zero attached hydrogens (tertiary/aromatic N) is 2. The predicted molar refractivity (Wildman–Crippen MR) is 135 cm³/mol. The number of hydrogen-bond donors (Lipinski definition) is 1. The molecule has 8 heteroatoms. The lowest BCUT2D eigenvalue weighted by Crippen LogP contribution is -2.35. The molecule has 34 heavy (non-hydrogen) atoms. The quantitative estimate of drug-likeness (QED) is 0.521. The fraction of sp³-hybridized carbons (Fsp3) is 0.269. The summed E-state index contributed by atoms with van der Waals surface area (Å²) in [6, 6.07) is 19.4. The summed E-state index contributed by atoms with van der Waals surface area (Å²) in [5.41, 5.74) is 1.36. The molecular formula is C26H25N3O4S. The van der Waals surface area contributed by atoms with Gasteiger partial charge in [0.25, 0.3) is 0 Å². The van der Waals surface area contributed by atoms with E-state index in [1.165, 1.54) is 18.9 Å². The minimum absolute atomic E-state index is 0.0520. The summed E-state index contributed by atoms with van der Waals surface area (Å²) in [6.07, 6.45) is 1.97. The van der Waals surface area contributed by atoms with Crippen LogP contribution >= 0.6 is 11.8 Å². The van der Waals surface area contributed by atoms with E-state index in [4.69, 9.17) is 14.5 Å². The van der Waals surface area contributed by atoms with Crippen LogP contribution in [0.4, 0.5) is 11.4 Å². The van der Waals surface area contributed by atoms with Crippen molar-refractivity contribution in [3.05, 3.63) is 60.7 Å². The van der Waals surface area contributed by atoms with Gasteiger partial charge in [-0.25, -0.2) is 4.99 Å². The zero-order chi connectivity index (χ0) is 23.7. The van der Waals surface area contributed by atoms with Crippen LogP contribution in [-0.4, -0.2) is 47.4 Å². The first-order valence-corrected chi connectivity index (χ1v) is 12.0. The first-order chi connectivity index (χ1) is 16.6. The molecule has 0 bridgehead atoms. The SMILES string of the molecule is COc1ccc(NC(=O)CC2SC(=Nc3cccc4ccccc34)N(C3CC3)C2=O)c(OC)c1. The van der Waals surface area contributed by atoms with Gasteiger partial charge in [0.15, 0.2) is 5.17 Å². The Morgan fingerprint density at radius 2 is 1.88 bits per heavy atom. The van der Waals surface area contributed by atoms with Crippen molar-refractivity contribution in [2.45, 2.75) is 30.6 Å². The number of carbonyl (C=O) groups is 2. The molecule has 1 saturated heterocycles. The molecule has 1 N–H and O–H groups in total. The number of nitrogens with one attached hydrogen (secondary N) is 1. The van der Waals surface area contributed by atoms with Crippen molar-refractivity contribution < 1.29 is 19.1 Å². The summed E-state index contributed by atoms with van der Waals surface area (Å²) in [7, 11) is 3.10. The van der Waals surface area contributed by atoms with Crippen molar-refractivity contribution in [2.75, 3.05) is 19.5 Å². The molecule has 0 aromatic heterocycles. The van der Waals surface area contributed by atoms with Gasteiger partial charge in [-0.3, -0.25) is 14.5 Å². The van der Waals surface area contributed by atoms with Gasteiger partial charge in [-0.2, -0.15) is 0 Å². The van der Waals surface area contributed by atoms with Gasteiger partial charge in [-0.1, -0.05) is 48.2 Å². The third kappa shape index (κ3) is 4.46. The van der Waals surface area contributed by atoms with Gasteiger partial charge < -0.3 is 14.8 Å². The molecule has 0 spiro atoms. The second-order valence-electron chi connectivity index (χ2n) is 8.26. The number of amides is 2. The molecule has 1 heterocycles. The first-order valence-electron chi connectivity index (χ1n) is 11.2. The van der Waals surface area contributed by atoms with E-state index in [0.29, 0.717) is 22.4 Å². The van der Waals surface area contributed by atoms with E-state index in [9.17, 15) is 9.59 Å². The molecule has 2 aliphatic rings. The monoisotopic (exact) mass is 475 g/mol. The number of aliphatic imine (C=N–C) groups is 1. The zero-order valence-corrected chi connectivity index (χ0v) is 19.8. The smallest absolute Gasteiger partial charge is 0.242 e. The van der Waals surface area contributed by atoms with Crippen LogP contribution < -0.4 is 14.8 Å². The van der Waals surface area contributed by atoms with Crippen LogP contribution in [0.5, 0.6) is 11.5 Å². The number of rotatable bonds is 7. The second kappa shape index (κ2) is 9.38. The number of carbonyl (C=O) groups excluding carboxylic acids is 2. The van der Waals surface area contributed by atoms with Crippen molar-refractivity contribution in [1.82, 2.24) is 4.90 Å². The fourth-order valence-corrected chi connectivity index (χ4v) is 5.25. The van der Waals surface area contributed by atoms with Crippen LogP contribution in [0.25, 0.3) is 10.8 Å². The van der Waals surface area contributed by atoms with Gasteiger partial charge in [-0.05, 0) is 36.4 Å². The Morgan fingerprint density at radius 1 is 1.09 bits per heavy atom. The Balaban J connectivity index is 1.36. The lowest BCUT2D eigenvalue weighted by Gasteiger charge is -2.15.